The summed E-state index contributed by atoms with van der Waals surface area (Å²) in [4.78, 5) is 0. The Bertz CT molecular complexity index is 814. The van der Waals surface area contributed by atoms with E-state index in [-0.39, 0.29) is 0 Å². The van der Waals surface area contributed by atoms with Crippen LogP contribution in [0.1, 0.15) is 11.1 Å². The number of aryl methyl sites for hydroxylation is 1. The van der Waals surface area contributed by atoms with E-state index in [9.17, 15) is 0 Å². The molecule has 1 N–H and O–H groups in total. The lowest BCUT2D eigenvalue weighted by atomic mass is 10.0. The Balaban J connectivity index is 1.89. The van der Waals surface area contributed by atoms with Crippen LogP contribution in [0.2, 0.25) is 0 Å². The molecule has 0 saturated heterocycles. The van der Waals surface area contributed by atoms with E-state index >= 15 is 0 Å². The Morgan fingerprint density at radius 1 is 1.00 bits per heavy atom. The third-order valence-electron chi connectivity index (χ3n) is 3.84. The van der Waals surface area contributed by atoms with E-state index in [2.05, 4.69) is 70.6 Å². The summed E-state index contributed by atoms with van der Waals surface area (Å²) in [6.45, 7) is 2.88. The normalized spacial score (nSPS) is 10.7. The number of ether oxygens (including phenoxy) is 1. The van der Waals surface area contributed by atoms with E-state index in [4.69, 9.17) is 4.74 Å². The van der Waals surface area contributed by atoms with Crippen LogP contribution >= 0.6 is 15.9 Å². The summed E-state index contributed by atoms with van der Waals surface area (Å²) in [5.41, 5.74) is 3.61. The zero-order valence-corrected chi connectivity index (χ0v) is 14.3. The van der Waals surface area contributed by atoms with E-state index in [1.807, 2.05) is 12.1 Å². The molecule has 2 nitrogen and oxygen atoms in total. The summed E-state index contributed by atoms with van der Waals surface area (Å²) in [7, 11) is 1.71. The summed E-state index contributed by atoms with van der Waals surface area (Å²) >= 11 is 3.53. The highest BCUT2D eigenvalue weighted by atomic mass is 79.9. The van der Waals surface area contributed by atoms with Gasteiger partial charge in [-0.1, -0.05) is 46.3 Å². The van der Waals surface area contributed by atoms with Gasteiger partial charge in [0, 0.05) is 22.1 Å². The van der Waals surface area contributed by atoms with Crippen LogP contribution in [0.4, 0.5) is 5.69 Å². The number of benzene rings is 3. The van der Waals surface area contributed by atoms with Crippen molar-refractivity contribution in [1.29, 1.82) is 0 Å². The minimum atomic E-state index is 0.783. The molecule has 0 aliphatic rings. The van der Waals surface area contributed by atoms with Crippen LogP contribution in [-0.4, -0.2) is 7.11 Å². The molecule has 0 radical (unpaired) electrons. The Hall–Kier alpha value is -2.00. The second-order valence-electron chi connectivity index (χ2n) is 5.29. The molecule has 0 atom stereocenters. The van der Waals surface area contributed by atoms with Gasteiger partial charge in [-0.05, 0) is 47.7 Å². The quantitative estimate of drug-likeness (QED) is 0.664. The Labute approximate surface area is 139 Å². The van der Waals surface area contributed by atoms with Crippen molar-refractivity contribution in [2.45, 2.75) is 13.5 Å². The van der Waals surface area contributed by atoms with E-state index in [0.29, 0.717) is 0 Å². The molecular formula is C19H18BrNO. The molecule has 0 aliphatic carbocycles. The molecule has 3 rings (SSSR count). The van der Waals surface area contributed by atoms with Gasteiger partial charge in [0.05, 0.1) is 7.11 Å². The zero-order valence-electron chi connectivity index (χ0n) is 12.7. The van der Waals surface area contributed by atoms with Crippen molar-refractivity contribution in [2.24, 2.45) is 0 Å². The lowest BCUT2D eigenvalue weighted by molar-refractivity contribution is 0.419. The minimum absolute atomic E-state index is 0.783. The van der Waals surface area contributed by atoms with Gasteiger partial charge in [0.25, 0.3) is 0 Å². The smallest absolute Gasteiger partial charge is 0.126 e. The first-order valence-electron chi connectivity index (χ1n) is 7.23. The van der Waals surface area contributed by atoms with Crippen LogP contribution < -0.4 is 10.1 Å². The molecule has 0 fully saturated rings. The molecule has 3 aromatic carbocycles. The number of hydrogen-bond donors (Lipinski definition) is 1. The fourth-order valence-corrected chi connectivity index (χ4v) is 2.86. The molecule has 0 aliphatic heterocycles. The second kappa shape index (κ2) is 6.41. The number of nitrogens with one attached hydrogen (secondary N) is 1. The highest BCUT2D eigenvalue weighted by Crippen LogP contribution is 2.29. The van der Waals surface area contributed by atoms with Crippen LogP contribution in [0.3, 0.4) is 0 Å². The van der Waals surface area contributed by atoms with Gasteiger partial charge >= 0.3 is 0 Å². The van der Waals surface area contributed by atoms with E-state index in [1.54, 1.807) is 7.11 Å². The SMILES string of the molecule is COc1ccc(CNc2ccc(Br)c(C)c2)c2ccccc12. The van der Waals surface area contributed by atoms with Crippen molar-refractivity contribution in [3.8, 4) is 5.75 Å². The topological polar surface area (TPSA) is 21.3 Å². The van der Waals surface area contributed by atoms with Crippen LogP contribution in [0.15, 0.2) is 59.1 Å². The molecule has 0 heterocycles. The van der Waals surface area contributed by atoms with Gasteiger partial charge in [-0.15, -0.1) is 0 Å². The van der Waals surface area contributed by atoms with Crippen LogP contribution in [0, 0.1) is 6.92 Å². The summed E-state index contributed by atoms with van der Waals surface area (Å²) < 4.78 is 6.58. The first-order valence-corrected chi connectivity index (χ1v) is 8.03. The maximum atomic E-state index is 5.45. The number of methoxy groups -OCH3 is 1. The van der Waals surface area contributed by atoms with Crippen molar-refractivity contribution in [3.63, 3.8) is 0 Å². The molecule has 22 heavy (non-hydrogen) atoms. The number of anilines is 1. The van der Waals surface area contributed by atoms with Gasteiger partial charge in [0.15, 0.2) is 0 Å². The van der Waals surface area contributed by atoms with Crippen molar-refractivity contribution in [2.75, 3.05) is 12.4 Å². The molecule has 0 unspecified atom stereocenters. The second-order valence-corrected chi connectivity index (χ2v) is 6.14. The van der Waals surface area contributed by atoms with E-state index in [1.165, 1.54) is 16.5 Å². The predicted octanol–water partition coefficient (Wildman–Crippen LogP) is 5.53. The van der Waals surface area contributed by atoms with Gasteiger partial charge in [-0.3, -0.25) is 0 Å². The number of hydrogen-bond acceptors (Lipinski definition) is 2. The minimum Gasteiger partial charge on any atom is -0.496 e. The Kier molecular flexibility index (Phi) is 4.34. The highest BCUT2D eigenvalue weighted by Gasteiger charge is 2.06. The van der Waals surface area contributed by atoms with Crippen molar-refractivity contribution < 1.29 is 4.74 Å². The molecular weight excluding hydrogens is 338 g/mol. The van der Waals surface area contributed by atoms with E-state index < -0.39 is 0 Å². The fraction of sp³-hybridized carbons (Fsp3) is 0.158. The van der Waals surface area contributed by atoms with Gasteiger partial charge in [0.2, 0.25) is 0 Å². The molecule has 3 aromatic rings. The predicted molar refractivity (Wildman–Crippen MR) is 96.7 cm³/mol. The van der Waals surface area contributed by atoms with Crippen LogP contribution in [-0.2, 0) is 6.54 Å². The Morgan fingerprint density at radius 2 is 1.77 bits per heavy atom. The van der Waals surface area contributed by atoms with Gasteiger partial charge in [-0.25, -0.2) is 0 Å². The maximum absolute atomic E-state index is 5.45. The van der Waals surface area contributed by atoms with Crippen molar-refractivity contribution in [3.05, 3.63) is 70.2 Å². The van der Waals surface area contributed by atoms with Crippen LogP contribution in [0.25, 0.3) is 10.8 Å². The lowest BCUT2D eigenvalue weighted by Gasteiger charge is -2.12. The number of rotatable bonds is 4. The molecule has 0 amide bonds. The fourth-order valence-electron chi connectivity index (χ4n) is 2.62. The largest absolute Gasteiger partial charge is 0.496 e. The molecule has 112 valence electrons. The first-order chi connectivity index (χ1) is 10.7. The average molecular weight is 356 g/mol. The van der Waals surface area contributed by atoms with E-state index in [0.717, 1.165) is 27.8 Å². The number of halogens is 1. The summed E-state index contributed by atoms with van der Waals surface area (Å²) in [5, 5.41) is 5.87. The summed E-state index contributed by atoms with van der Waals surface area (Å²) in [5.74, 6) is 0.916. The average Bonchev–Trinajstić information content (AvgIpc) is 2.55. The molecule has 0 saturated carbocycles. The van der Waals surface area contributed by atoms with Crippen LogP contribution in [0.5, 0.6) is 5.75 Å². The molecule has 0 aromatic heterocycles. The summed E-state index contributed by atoms with van der Waals surface area (Å²) in [6.07, 6.45) is 0. The lowest BCUT2D eigenvalue weighted by Crippen LogP contribution is -2.01. The van der Waals surface area contributed by atoms with Gasteiger partial charge in [0.1, 0.15) is 5.75 Å². The maximum Gasteiger partial charge on any atom is 0.126 e. The standard InChI is InChI=1S/C19H18BrNO/c1-13-11-15(8-9-18(13)20)21-12-14-7-10-19(22-2)17-6-4-3-5-16(14)17/h3-11,21H,12H2,1-2H3. The van der Waals surface area contributed by atoms with Crippen molar-refractivity contribution in [1.82, 2.24) is 0 Å². The molecule has 0 spiro atoms. The first kappa shape index (κ1) is 14.9. The monoisotopic (exact) mass is 355 g/mol. The molecule has 0 bridgehead atoms. The summed E-state index contributed by atoms with van der Waals surface area (Å²) in [6, 6.07) is 18.8. The third kappa shape index (κ3) is 2.95. The number of fused-ring (bicyclic) bond motifs is 1. The zero-order chi connectivity index (χ0) is 15.5. The highest BCUT2D eigenvalue weighted by molar-refractivity contribution is 9.10. The van der Waals surface area contributed by atoms with Gasteiger partial charge in [-0.2, -0.15) is 0 Å². The van der Waals surface area contributed by atoms with Crippen molar-refractivity contribution >= 4 is 32.4 Å². The Morgan fingerprint density at radius 3 is 2.50 bits per heavy atom. The van der Waals surface area contributed by atoms with Gasteiger partial charge < -0.3 is 10.1 Å². The molecule has 3 heteroatoms. The third-order valence-corrected chi connectivity index (χ3v) is 4.72.